The second kappa shape index (κ2) is 5.55. The average Bonchev–Trinajstić information content (AvgIpc) is 2.96. The van der Waals surface area contributed by atoms with Crippen molar-refractivity contribution >= 4 is 11.8 Å². The normalized spacial score (nSPS) is 21.7. The van der Waals surface area contributed by atoms with Crippen LogP contribution in [0.1, 0.15) is 18.2 Å². The van der Waals surface area contributed by atoms with Crippen molar-refractivity contribution in [3.8, 4) is 0 Å². The van der Waals surface area contributed by atoms with Crippen molar-refractivity contribution in [1.82, 2.24) is 25.3 Å². The van der Waals surface area contributed by atoms with Crippen LogP contribution in [-0.4, -0.2) is 59.5 Å². The van der Waals surface area contributed by atoms with E-state index in [0.717, 1.165) is 45.0 Å². The van der Waals surface area contributed by atoms with Crippen LogP contribution >= 0.6 is 0 Å². The van der Waals surface area contributed by atoms with Crippen molar-refractivity contribution in [2.75, 3.05) is 37.6 Å². The summed E-state index contributed by atoms with van der Waals surface area (Å²) in [6.07, 6.45) is 0. The number of nitrogens with zero attached hydrogens (tertiary/aromatic N) is 4. The Kier molecular flexibility index (Phi) is 3.75. The second-order valence-corrected chi connectivity index (χ2v) is 5.77. The number of carbonyl (C=O) groups is 1. The molecule has 0 radical (unpaired) electrons. The molecule has 7 heteroatoms. The Bertz CT molecular complexity index is 540. The van der Waals surface area contributed by atoms with Gasteiger partial charge in [0.15, 0.2) is 0 Å². The van der Waals surface area contributed by atoms with E-state index in [0.29, 0.717) is 0 Å². The van der Waals surface area contributed by atoms with Crippen LogP contribution in [0.4, 0.5) is 10.6 Å². The number of aryl methyl sites for hydroxylation is 2. The number of piperazine rings is 1. The van der Waals surface area contributed by atoms with Gasteiger partial charge in [0.2, 0.25) is 0 Å². The minimum atomic E-state index is 0.0775. The molecule has 2 amide bonds. The number of carbonyl (C=O) groups excluding carboxylic acids is 1. The van der Waals surface area contributed by atoms with Crippen molar-refractivity contribution in [1.29, 1.82) is 0 Å². The molecule has 1 unspecified atom stereocenters. The molecule has 1 aromatic heterocycles. The van der Waals surface area contributed by atoms with Gasteiger partial charge in [0, 0.05) is 45.3 Å². The molecule has 3 rings (SSSR count). The third-order valence-corrected chi connectivity index (χ3v) is 4.40. The molecular formula is C14H24N6O. The third-order valence-electron chi connectivity index (χ3n) is 4.40. The van der Waals surface area contributed by atoms with Gasteiger partial charge < -0.3 is 20.4 Å². The Morgan fingerprint density at radius 1 is 1.43 bits per heavy atom. The predicted octanol–water partition coefficient (Wildman–Crippen LogP) is 0.0518. The summed E-state index contributed by atoms with van der Waals surface area (Å²) in [6.45, 7) is 9.22. The largest absolute Gasteiger partial charge is 0.353 e. The van der Waals surface area contributed by atoms with E-state index >= 15 is 0 Å². The molecule has 2 aliphatic heterocycles. The topological polar surface area (TPSA) is 65.4 Å². The average molecular weight is 292 g/mol. The van der Waals surface area contributed by atoms with Crippen molar-refractivity contribution in [3.05, 3.63) is 11.3 Å². The molecule has 7 nitrogen and oxygen atoms in total. The van der Waals surface area contributed by atoms with Crippen LogP contribution in [0.5, 0.6) is 0 Å². The van der Waals surface area contributed by atoms with E-state index in [4.69, 9.17) is 0 Å². The van der Waals surface area contributed by atoms with E-state index in [-0.39, 0.29) is 12.1 Å². The van der Waals surface area contributed by atoms with Crippen LogP contribution in [-0.2, 0) is 13.6 Å². The number of hydrogen-bond donors (Lipinski definition) is 2. The molecule has 2 fully saturated rings. The fraction of sp³-hybridized carbons (Fsp3) is 0.714. The van der Waals surface area contributed by atoms with Crippen molar-refractivity contribution in [2.24, 2.45) is 7.05 Å². The van der Waals surface area contributed by atoms with Crippen molar-refractivity contribution < 1.29 is 4.79 Å². The standard InChI is InChI=1S/C14H24N6O/c1-4-15-8-12-10(2)17-18(3)13(12)19-5-6-20-11(9-19)7-16-14(20)21/h11,15H,4-9H2,1-3H3,(H,16,21). The zero-order valence-corrected chi connectivity index (χ0v) is 13.0. The summed E-state index contributed by atoms with van der Waals surface area (Å²) in [4.78, 5) is 16.0. The zero-order chi connectivity index (χ0) is 15.0. The molecule has 0 bridgehead atoms. The molecule has 0 spiro atoms. The summed E-state index contributed by atoms with van der Waals surface area (Å²) in [5.74, 6) is 1.19. The Morgan fingerprint density at radius 2 is 2.24 bits per heavy atom. The molecule has 2 N–H and O–H groups in total. The number of rotatable bonds is 4. The summed E-state index contributed by atoms with van der Waals surface area (Å²) < 4.78 is 1.97. The number of fused-ring (bicyclic) bond motifs is 1. The second-order valence-electron chi connectivity index (χ2n) is 5.77. The van der Waals surface area contributed by atoms with Crippen LogP contribution in [0.25, 0.3) is 0 Å². The van der Waals surface area contributed by atoms with Crippen molar-refractivity contribution in [2.45, 2.75) is 26.4 Å². The third kappa shape index (κ3) is 2.46. The maximum absolute atomic E-state index is 11.7. The molecular weight excluding hydrogens is 268 g/mol. The molecule has 3 heterocycles. The Morgan fingerprint density at radius 3 is 3.00 bits per heavy atom. The molecule has 2 aliphatic rings. The monoisotopic (exact) mass is 292 g/mol. The maximum atomic E-state index is 11.7. The van der Waals surface area contributed by atoms with E-state index in [2.05, 4.69) is 34.5 Å². The van der Waals surface area contributed by atoms with Crippen LogP contribution in [0.15, 0.2) is 0 Å². The van der Waals surface area contributed by atoms with Crippen LogP contribution in [0.3, 0.4) is 0 Å². The van der Waals surface area contributed by atoms with E-state index in [1.807, 2.05) is 16.6 Å². The SMILES string of the molecule is CCNCc1c(C)nn(C)c1N1CCN2C(=O)NCC2C1. The molecule has 1 atom stereocenters. The number of urea groups is 1. The van der Waals surface area contributed by atoms with Gasteiger partial charge in [-0.05, 0) is 13.5 Å². The van der Waals surface area contributed by atoms with Gasteiger partial charge in [-0.15, -0.1) is 0 Å². The highest BCUT2D eigenvalue weighted by Gasteiger charge is 2.36. The lowest BCUT2D eigenvalue weighted by molar-refractivity contribution is 0.197. The molecule has 0 saturated carbocycles. The van der Waals surface area contributed by atoms with Gasteiger partial charge in [0.05, 0.1) is 11.7 Å². The van der Waals surface area contributed by atoms with Crippen LogP contribution in [0, 0.1) is 6.92 Å². The van der Waals surface area contributed by atoms with Crippen LogP contribution in [0.2, 0.25) is 0 Å². The first kappa shape index (κ1) is 14.2. The van der Waals surface area contributed by atoms with E-state index in [1.54, 1.807) is 0 Å². The Hall–Kier alpha value is -1.76. The first-order chi connectivity index (χ1) is 10.1. The lowest BCUT2D eigenvalue weighted by Crippen LogP contribution is -2.52. The van der Waals surface area contributed by atoms with E-state index in [9.17, 15) is 4.79 Å². The predicted molar refractivity (Wildman–Crippen MR) is 81.4 cm³/mol. The van der Waals surface area contributed by atoms with E-state index < -0.39 is 0 Å². The maximum Gasteiger partial charge on any atom is 0.317 e. The van der Waals surface area contributed by atoms with Gasteiger partial charge in [-0.2, -0.15) is 5.10 Å². The van der Waals surface area contributed by atoms with Crippen LogP contribution < -0.4 is 15.5 Å². The fourth-order valence-corrected chi connectivity index (χ4v) is 3.34. The molecule has 2 saturated heterocycles. The molecule has 0 aromatic carbocycles. The van der Waals surface area contributed by atoms with Gasteiger partial charge in [-0.3, -0.25) is 4.68 Å². The molecule has 116 valence electrons. The Labute approximate surface area is 125 Å². The highest BCUT2D eigenvalue weighted by molar-refractivity contribution is 5.77. The summed E-state index contributed by atoms with van der Waals surface area (Å²) in [5, 5.41) is 10.9. The fourth-order valence-electron chi connectivity index (χ4n) is 3.34. The summed E-state index contributed by atoms with van der Waals surface area (Å²) >= 11 is 0. The quantitative estimate of drug-likeness (QED) is 0.823. The highest BCUT2D eigenvalue weighted by Crippen LogP contribution is 2.26. The number of hydrogen-bond acceptors (Lipinski definition) is 4. The Balaban J connectivity index is 1.82. The van der Waals surface area contributed by atoms with Gasteiger partial charge in [-0.25, -0.2) is 4.79 Å². The highest BCUT2D eigenvalue weighted by atomic mass is 16.2. The van der Waals surface area contributed by atoms with Gasteiger partial charge in [-0.1, -0.05) is 6.92 Å². The summed E-state index contributed by atoms with van der Waals surface area (Å²) in [6, 6.07) is 0.349. The lowest BCUT2D eigenvalue weighted by atomic mass is 10.1. The first-order valence-electron chi connectivity index (χ1n) is 7.64. The smallest absolute Gasteiger partial charge is 0.317 e. The lowest BCUT2D eigenvalue weighted by Gasteiger charge is -2.38. The first-order valence-corrected chi connectivity index (χ1v) is 7.64. The summed E-state index contributed by atoms with van der Waals surface area (Å²) in [5.41, 5.74) is 2.35. The molecule has 0 aliphatic carbocycles. The van der Waals surface area contributed by atoms with Crippen molar-refractivity contribution in [3.63, 3.8) is 0 Å². The number of amides is 2. The van der Waals surface area contributed by atoms with Gasteiger partial charge in [0.25, 0.3) is 0 Å². The molecule has 1 aromatic rings. The molecule has 21 heavy (non-hydrogen) atoms. The van der Waals surface area contributed by atoms with Gasteiger partial charge in [0.1, 0.15) is 5.82 Å². The summed E-state index contributed by atoms with van der Waals surface area (Å²) in [7, 11) is 2.00. The van der Waals surface area contributed by atoms with E-state index in [1.165, 1.54) is 11.4 Å². The van der Waals surface area contributed by atoms with Gasteiger partial charge >= 0.3 is 6.03 Å². The minimum absolute atomic E-state index is 0.0775. The number of aromatic nitrogens is 2. The number of anilines is 1. The zero-order valence-electron chi connectivity index (χ0n) is 13.0. The number of nitrogens with one attached hydrogen (secondary N) is 2. The minimum Gasteiger partial charge on any atom is -0.353 e.